The van der Waals surface area contributed by atoms with Crippen LogP contribution in [0.25, 0.3) is 0 Å². The van der Waals surface area contributed by atoms with Gasteiger partial charge in [0.1, 0.15) is 9.88 Å². The average Bonchev–Trinajstić information content (AvgIpc) is 2.77. The maximum atomic E-state index is 11.6. The third kappa shape index (κ3) is 3.49. The molecule has 1 rings (SSSR count). The second kappa shape index (κ2) is 6.68. The van der Waals surface area contributed by atoms with Crippen molar-refractivity contribution in [1.82, 2.24) is 15.3 Å². The molecule has 3 N–H and O–H groups in total. The highest BCUT2D eigenvalue weighted by Gasteiger charge is 2.16. The number of rotatable bonds is 6. The van der Waals surface area contributed by atoms with Crippen molar-refractivity contribution in [3.05, 3.63) is 15.6 Å². The minimum Gasteiger partial charge on any atom is -0.297 e. The maximum absolute atomic E-state index is 11.6. The van der Waals surface area contributed by atoms with Crippen molar-refractivity contribution in [3.63, 3.8) is 0 Å². The number of thiazole rings is 1. The van der Waals surface area contributed by atoms with Crippen LogP contribution < -0.4 is 11.3 Å². The first-order valence-corrected chi connectivity index (χ1v) is 6.69. The standard InChI is InChI=1S/C11H20N4OS/c1-4-8-10(11(16)14-12)17-9(13-8)7-15(5-2)6-3/h4-7,12H2,1-3H3,(H,14,16). The molecule has 0 aliphatic rings. The zero-order valence-electron chi connectivity index (χ0n) is 10.6. The lowest BCUT2D eigenvalue weighted by Gasteiger charge is -2.15. The Morgan fingerprint density at radius 1 is 1.41 bits per heavy atom. The number of hydrogen-bond donors (Lipinski definition) is 2. The fourth-order valence-electron chi connectivity index (χ4n) is 1.59. The molecule has 0 spiro atoms. The van der Waals surface area contributed by atoms with Crippen molar-refractivity contribution in [2.24, 2.45) is 5.84 Å². The Labute approximate surface area is 106 Å². The van der Waals surface area contributed by atoms with Crippen LogP contribution in [0.4, 0.5) is 0 Å². The van der Waals surface area contributed by atoms with Crippen LogP contribution in [0.1, 0.15) is 41.1 Å². The van der Waals surface area contributed by atoms with Gasteiger partial charge >= 0.3 is 0 Å². The summed E-state index contributed by atoms with van der Waals surface area (Å²) in [6.45, 7) is 8.98. The Hall–Kier alpha value is -0.980. The Balaban J connectivity index is 2.88. The molecule has 1 heterocycles. The molecule has 0 aliphatic carbocycles. The van der Waals surface area contributed by atoms with Crippen LogP contribution in [-0.2, 0) is 13.0 Å². The Kier molecular flexibility index (Phi) is 5.54. The second-order valence-corrected chi connectivity index (χ2v) is 4.76. The number of hydrogen-bond acceptors (Lipinski definition) is 5. The van der Waals surface area contributed by atoms with Gasteiger partial charge in [-0.25, -0.2) is 10.8 Å². The van der Waals surface area contributed by atoms with Gasteiger partial charge in [0, 0.05) is 0 Å². The summed E-state index contributed by atoms with van der Waals surface area (Å²) in [5, 5.41) is 0.976. The molecule has 1 amide bonds. The molecule has 0 atom stereocenters. The number of hydrazine groups is 1. The van der Waals surface area contributed by atoms with E-state index in [1.165, 1.54) is 11.3 Å². The molecule has 17 heavy (non-hydrogen) atoms. The van der Waals surface area contributed by atoms with Crippen LogP contribution in [0.15, 0.2) is 0 Å². The molecule has 1 aromatic rings. The van der Waals surface area contributed by atoms with Crippen LogP contribution in [0, 0.1) is 0 Å². The maximum Gasteiger partial charge on any atom is 0.277 e. The number of aryl methyl sites for hydroxylation is 1. The number of nitrogens with zero attached hydrogens (tertiary/aromatic N) is 2. The van der Waals surface area contributed by atoms with Crippen LogP contribution >= 0.6 is 11.3 Å². The van der Waals surface area contributed by atoms with E-state index in [2.05, 4.69) is 29.2 Å². The van der Waals surface area contributed by atoms with Gasteiger partial charge in [0.2, 0.25) is 0 Å². The first-order chi connectivity index (χ1) is 8.15. The first-order valence-electron chi connectivity index (χ1n) is 5.88. The van der Waals surface area contributed by atoms with Gasteiger partial charge in [-0.3, -0.25) is 15.1 Å². The van der Waals surface area contributed by atoms with Gasteiger partial charge in [-0.2, -0.15) is 0 Å². The minimum absolute atomic E-state index is 0.245. The molecule has 0 fully saturated rings. The van der Waals surface area contributed by atoms with Crippen molar-refractivity contribution in [1.29, 1.82) is 0 Å². The summed E-state index contributed by atoms with van der Waals surface area (Å²) in [7, 11) is 0. The van der Waals surface area contributed by atoms with Crippen molar-refractivity contribution < 1.29 is 4.79 Å². The number of amides is 1. The summed E-state index contributed by atoms with van der Waals surface area (Å²) < 4.78 is 0. The van der Waals surface area contributed by atoms with Gasteiger partial charge in [0.05, 0.1) is 12.2 Å². The number of carbonyl (C=O) groups excluding carboxylic acids is 1. The lowest BCUT2D eigenvalue weighted by atomic mass is 10.3. The molecule has 0 saturated carbocycles. The summed E-state index contributed by atoms with van der Waals surface area (Å²) in [5.41, 5.74) is 3.00. The molecule has 0 aromatic carbocycles. The highest BCUT2D eigenvalue weighted by Crippen LogP contribution is 2.20. The van der Waals surface area contributed by atoms with E-state index < -0.39 is 0 Å². The predicted octanol–water partition coefficient (Wildman–Crippen LogP) is 1.15. The number of aromatic nitrogens is 1. The molecule has 0 unspecified atom stereocenters. The third-order valence-electron chi connectivity index (χ3n) is 2.67. The van der Waals surface area contributed by atoms with Crippen molar-refractivity contribution in [3.8, 4) is 0 Å². The molecule has 96 valence electrons. The molecule has 5 nitrogen and oxygen atoms in total. The van der Waals surface area contributed by atoms with Crippen molar-refractivity contribution in [2.45, 2.75) is 33.7 Å². The molecule has 0 aliphatic heterocycles. The van der Waals surface area contributed by atoms with E-state index in [0.29, 0.717) is 4.88 Å². The van der Waals surface area contributed by atoms with Gasteiger partial charge in [-0.1, -0.05) is 20.8 Å². The number of carbonyl (C=O) groups is 1. The third-order valence-corrected chi connectivity index (χ3v) is 3.75. The van der Waals surface area contributed by atoms with E-state index in [1.807, 2.05) is 6.92 Å². The molecule has 6 heteroatoms. The zero-order chi connectivity index (χ0) is 12.8. The SMILES string of the molecule is CCc1nc(CN(CC)CC)sc1C(=O)NN. The number of nitrogens with two attached hydrogens (primary N) is 1. The smallest absolute Gasteiger partial charge is 0.277 e. The molecule has 1 aromatic heterocycles. The van der Waals surface area contributed by atoms with Gasteiger partial charge < -0.3 is 0 Å². The molecular weight excluding hydrogens is 236 g/mol. The molecule has 0 bridgehead atoms. The molecular formula is C11H20N4OS. The van der Waals surface area contributed by atoms with E-state index in [1.54, 1.807) is 0 Å². The molecule has 0 saturated heterocycles. The predicted molar refractivity (Wildman–Crippen MR) is 69.8 cm³/mol. The number of nitrogen functional groups attached to an aromatic ring is 1. The van der Waals surface area contributed by atoms with Crippen molar-refractivity contribution in [2.75, 3.05) is 13.1 Å². The van der Waals surface area contributed by atoms with E-state index >= 15 is 0 Å². The average molecular weight is 256 g/mol. The van der Waals surface area contributed by atoms with Gasteiger partial charge in [-0.15, -0.1) is 11.3 Å². The lowest BCUT2D eigenvalue weighted by Crippen LogP contribution is -2.30. The largest absolute Gasteiger partial charge is 0.297 e. The summed E-state index contributed by atoms with van der Waals surface area (Å²) in [4.78, 5) is 18.9. The van der Waals surface area contributed by atoms with Gasteiger partial charge in [0.25, 0.3) is 5.91 Å². The fourth-order valence-corrected chi connectivity index (χ4v) is 2.69. The van der Waals surface area contributed by atoms with Crippen molar-refractivity contribution >= 4 is 17.2 Å². The monoisotopic (exact) mass is 256 g/mol. The number of nitrogens with one attached hydrogen (secondary N) is 1. The normalized spacial score (nSPS) is 10.9. The highest BCUT2D eigenvalue weighted by molar-refractivity contribution is 7.13. The summed E-state index contributed by atoms with van der Waals surface area (Å²) >= 11 is 1.43. The highest BCUT2D eigenvalue weighted by atomic mass is 32.1. The van der Waals surface area contributed by atoms with Gasteiger partial charge in [-0.05, 0) is 19.5 Å². The lowest BCUT2D eigenvalue weighted by molar-refractivity contribution is 0.0956. The van der Waals surface area contributed by atoms with E-state index in [-0.39, 0.29) is 5.91 Å². The topological polar surface area (TPSA) is 71.2 Å². The summed E-state index contributed by atoms with van der Waals surface area (Å²) in [6.07, 6.45) is 0.748. The Morgan fingerprint density at radius 2 is 2.06 bits per heavy atom. The van der Waals surface area contributed by atoms with E-state index in [9.17, 15) is 4.79 Å². The Bertz CT molecular complexity index is 374. The van der Waals surface area contributed by atoms with Crippen LogP contribution in [-0.4, -0.2) is 28.9 Å². The van der Waals surface area contributed by atoms with E-state index in [4.69, 9.17) is 5.84 Å². The molecule has 0 radical (unpaired) electrons. The van der Waals surface area contributed by atoms with Gasteiger partial charge in [0.15, 0.2) is 0 Å². The first kappa shape index (κ1) is 14.1. The zero-order valence-corrected chi connectivity index (χ0v) is 11.4. The fraction of sp³-hybridized carbons (Fsp3) is 0.636. The van der Waals surface area contributed by atoms with Crippen LogP contribution in [0.2, 0.25) is 0 Å². The Morgan fingerprint density at radius 3 is 2.53 bits per heavy atom. The quantitative estimate of drug-likeness (QED) is 0.455. The summed E-state index contributed by atoms with van der Waals surface area (Å²) in [5.74, 6) is 4.91. The van der Waals surface area contributed by atoms with Crippen LogP contribution in [0.5, 0.6) is 0 Å². The second-order valence-electron chi connectivity index (χ2n) is 3.67. The minimum atomic E-state index is -0.245. The van der Waals surface area contributed by atoms with E-state index in [0.717, 1.165) is 36.8 Å². The van der Waals surface area contributed by atoms with Crippen LogP contribution in [0.3, 0.4) is 0 Å². The summed E-state index contributed by atoms with van der Waals surface area (Å²) in [6, 6.07) is 0.